The largest absolute Gasteiger partial charge is 0.481 e. The molecule has 2 aliphatic rings. The summed E-state index contributed by atoms with van der Waals surface area (Å²) < 4.78 is 5.67. The first-order valence-corrected chi connectivity index (χ1v) is 12.9. The molecule has 1 saturated carbocycles. The highest BCUT2D eigenvalue weighted by Crippen LogP contribution is 2.44. The molecule has 0 aliphatic heterocycles. The fourth-order valence-corrected chi connectivity index (χ4v) is 5.23. The van der Waals surface area contributed by atoms with Crippen LogP contribution in [0.4, 0.5) is 4.79 Å². The van der Waals surface area contributed by atoms with Crippen molar-refractivity contribution >= 4 is 29.7 Å². The van der Waals surface area contributed by atoms with Crippen LogP contribution in [0.5, 0.6) is 0 Å². The van der Waals surface area contributed by atoms with Gasteiger partial charge in [0.25, 0.3) is 0 Å². The zero-order valence-electron chi connectivity index (χ0n) is 19.0. The minimum absolute atomic E-state index is 0.00750. The van der Waals surface area contributed by atoms with E-state index in [0.29, 0.717) is 12.3 Å². The lowest BCUT2D eigenvalue weighted by molar-refractivity contribution is -0.133. The summed E-state index contributed by atoms with van der Waals surface area (Å²) in [4.78, 5) is 35.6. The molecule has 3 N–H and O–H groups in total. The van der Waals surface area contributed by atoms with Crippen LogP contribution >= 0.6 is 11.8 Å². The van der Waals surface area contributed by atoms with Crippen LogP contribution in [0.3, 0.4) is 0 Å². The zero-order chi connectivity index (χ0) is 23.9. The number of carboxylic acid groups (broad SMARTS) is 1. The van der Waals surface area contributed by atoms with E-state index >= 15 is 0 Å². The molecule has 4 rings (SSSR count). The molecule has 2 aromatic carbocycles. The summed E-state index contributed by atoms with van der Waals surface area (Å²) in [5.74, 6) is -0.199. The fraction of sp³-hybridized carbons (Fsp3) is 0.423. The Bertz CT molecular complexity index is 994. The van der Waals surface area contributed by atoms with E-state index in [0.717, 1.165) is 30.4 Å². The van der Waals surface area contributed by atoms with E-state index in [1.807, 2.05) is 24.3 Å². The summed E-state index contributed by atoms with van der Waals surface area (Å²) in [6.07, 6.45) is 2.76. The number of hydrogen-bond acceptors (Lipinski definition) is 5. The van der Waals surface area contributed by atoms with Crippen molar-refractivity contribution in [2.24, 2.45) is 5.92 Å². The van der Waals surface area contributed by atoms with Crippen molar-refractivity contribution in [1.82, 2.24) is 10.6 Å². The number of carbonyl (C=O) groups excluding carboxylic acids is 2. The van der Waals surface area contributed by atoms with Gasteiger partial charge in [0.15, 0.2) is 0 Å². The molecule has 2 amide bonds. The first kappa shape index (κ1) is 24.1. The highest BCUT2D eigenvalue weighted by atomic mass is 32.2. The normalized spacial score (nSPS) is 15.5. The molecule has 8 heteroatoms. The Labute approximate surface area is 203 Å². The number of ether oxygens (including phenoxy) is 1. The van der Waals surface area contributed by atoms with Gasteiger partial charge in [-0.15, -0.1) is 11.8 Å². The van der Waals surface area contributed by atoms with Gasteiger partial charge in [-0.2, -0.15) is 0 Å². The Morgan fingerprint density at radius 1 is 1.03 bits per heavy atom. The van der Waals surface area contributed by atoms with E-state index in [1.165, 1.54) is 22.9 Å². The van der Waals surface area contributed by atoms with E-state index < -0.39 is 12.1 Å². The monoisotopic (exact) mass is 482 g/mol. The number of rotatable bonds is 11. The molecular formula is C26H30N2O5S. The average molecular weight is 483 g/mol. The number of fused-ring (bicyclic) bond motifs is 3. The van der Waals surface area contributed by atoms with Crippen LogP contribution in [-0.4, -0.2) is 53.8 Å². The van der Waals surface area contributed by atoms with Gasteiger partial charge >= 0.3 is 12.1 Å². The van der Waals surface area contributed by atoms with Crippen LogP contribution in [0.1, 0.15) is 42.7 Å². The molecule has 1 atom stereocenters. The smallest absolute Gasteiger partial charge is 0.407 e. The standard InChI is InChI=1S/C26H30N2O5S/c29-24(27-12-13-34-16-25(30)31)14-23(17-6-5-7-17)28-26(32)33-15-22-20-10-3-1-8-18(20)19-9-2-4-11-21(19)22/h1-4,8-11,17,22-23H,5-7,12-16H2,(H,27,29)(H,28,32)(H,30,31). The third-order valence-electron chi connectivity index (χ3n) is 6.57. The minimum atomic E-state index is -0.867. The lowest BCUT2D eigenvalue weighted by Gasteiger charge is -2.33. The molecule has 1 unspecified atom stereocenters. The van der Waals surface area contributed by atoms with Crippen molar-refractivity contribution in [3.63, 3.8) is 0 Å². The van der Waals surface area contributed by atoms with Crippen molar-refractivity contribution in [3.8, 4) is 11.1 Å². The number of hydrogen-bond donors (Lipinski definition) is 3. The Hall–Kier alpha value is -3.00. The number of thioether (sulfide) groups is 1. The summed E-state index contributed by atoms with van der Waals surface area (Å²) >= 11 is 1.26. The number of carbonyl (C=O) groups is 3. The van der Waals surface area contributed by atoms with Gasteiger partial charge in [0, 0.05) is 30.7 Å². The maximum absolute atomic E-state index is 12.7. The Balaban J connectivity index is 1.29. The predicted molar refractivity (Wildman–Crippen MR) is 132 cm³/mol. The van der Waals surface area contributed by atoms with Crippen LogP contribution in [0.15, 0.2) is 48.5 Å². The van der Waals surface area contributed by atoms with E-state index in [9.17, 15) is 14.4 Å². The van der Waals surface area contributed by atoms with E-state index in [2.05, 4.69) is 34.9 Å². The summed E-state index contributed by atoms with van der Waals surface area (Å²) in [6, 6.07) is 16.1. The Kier molecular flexibility index (Phi) is 8.11. The molecule has 0 bridgehead atoms. The molecule has 2 aromatic rings. The van der Waals surface area contributed by atoms with E-state index in [4.69, 9.17) is 9.84 Å². The second-order valence-electron chi connectivity index (χ2n) is 8.77. The highest BCUT2D eigenvalue weighted by Gasteiger charge is 2.32. The zero-order valence-corrected chi connectivity index (χ0v) is 19.8. The number of carboxylic acids is 1. The van der Waals surface area contributed by atoms with Crippen molar-refractivity contribution in [2.75, 3.05) is 24.7 Å². The molecule has 7 nitrogen and oxygen atoms in total. The lowest BCUT2D eigenvalue weighted by Crippen LogP contribution is -2.46. The predicted octanol–water partition coefficient (Wildman–Crippen LogP) is 4.02. The number of nitrogens with one attached hydrogen (secondary N) is 2. The molecule has 0 aromatic heterocycles. The van der Waals surface area contributed by atoms with Crippen LogP contribution in [0.2, 0.25) is 0 Å². The lowest BCUT2D eigenvalue weighted by atomic mass is 9.78. The molecule has 180 valence electrons. The molecule has 0 spiro atoms. The van der Waals surface area contributed by atoms with Crippen molar-refractivity contribution in [3.05, 3.63) is 59.7 Å². The fourth-order valence-electron chi connectivity index (χ4n) is 4.66. The van der Waals surface area contributed by atoms with Gasteiger partial charge in [-0.25, -0.2) is 4.79 Å². The summed E-state index contributed by atoms with van der Waals surface area (Å²) in [7, 11) is 0. The summed E-state index contributed by atoms with van der Waals surface area (Å²) in [6.45, 7) is 0.642. The first-order chi connectivity index (χ1) is 16.5. The second-order valence-corrected chi connectivity index (χ2v) is 9.87. The van der Waals surface area contributed by atoms with Gasteiger partial charge < -0.3 is 20.5 Å². The second kappa shape index (κ2) is 11.4. The van der Waals surface area contributed by atoms with Crippen LogP contribution in [0.25, 0.3) is 11.1 Å². The van der Waals surface area contributed by atoms with Gasteiger partial charge in [-0.3, -0.25) is 9.59 Å². The van der Waals surface area contributed by atoms with Crippen LogP contribution in [0, 0.1) is 5.92 Å². The Morgan fingerprint density at radius 2 is 1.68 bits per heavy atom. The SMILES string of the molecule is O=C(O)CSCCNC(=O)CC(NC(=O)OCC1c2ccccc2-c2ccccc21)C1CCC1. The highest BCUT2D eigenvalue weighted by molar-refractivity contribution is 7.99. The topological polar surface area (TPSA) is 105 Å². The van der Waals surface area contributed by atoms with E-state index in [-0.39, 0.29) is 42.6 Å². The molecule has 2 aliphatic carbocycles. The maximum Gasteiger partial charge on any atom is 0.407 e. The maximum atomic E-state index is 12.7. The van der Waals surface area contributed by atoms with Crippen molar-refractivity contribution in [2.45, 2.75) is 37.6 Å². The summed E-state index contributed by atoms with van der Waals surface area (Å²) in [5.41, 5.74) is 4.68. The summed E-state index contributed by atoms with van der Waals surface area (Å²) in [5, 5.41) is 14.4. The quantitative estimate of drug-likeness (QED) is 0.418. The number of amides is 2. The molecular weight excluding hydrogens is 452 g/mol. The number of alkyl carbamates (subject to hydrolysis) is 1. The van der Waals surface area contributed by atoms with Gasteiger partial charge in [-0.05, 0) is 41.0 Å². The first-order valence-electron chi connectivity index (χ1n) is 11.7. The van der Waals surface area contributed by atoms with Gasteiger partial charge in [0.05, 0.1) is 5.75 Å². The minimum Gasteiger partial charge on any atom is -0.481 e. The van der Waals surface area contributed by atoms with Gasteiger partial charge in [0.2, 0.25) is 5.91 Å². The number of benzene rings is 2. The third-order valence-corrected chi connectivity index (χ3v) is 7.51. The molecule has 0 saturated heterocycles. The third kappa shape index (κ3) is 5.91. The molecule has 0 heterocycles. The van der Waals surface area contributed by atoms with Crippen molar-refractivity contribution < 1.29 is 24.2 Å². The molecule has 1 fully saturated rings. The van der Waals surface area contributed by atoms with Gasteiger partial charge in [-0.1, -0.05) is 55.0 Å². The number of aliphatic carboxylic acids is 1. The average Bonchev–Trinajstić information content (AvgIpc) is 3.10. The van der Waals surface area contributed by atoms with Crippen molar-refractivity contribution in [1.29, 1.82) is 0 Å². The van der Waals surface area contributed by atoms with Gasteiger partial charge in [0.1, 0.15) is 6.61 Å². The van der Waals surface area contributed by atoms with E-state index in [1.54, 1.807) is 0 Å². The molecule has 34 heavy (non-hydrogen) atoms. The van der Waals surface area contributed by atoms with Crippen LogP contribution < -0.4 is 10.6 Å². The Morgan fingerprint density at radius 3 is 2.26 bits per heavy atom. The molecule has 0 radical (unpaired) electrons. The van der Waals surface area contributed by atoms with Crippen LogP contribution in [-0.2, 0) is 14.3 Å².